The molecule has 1 aromatic rings. The number of hydrogen-bond donors (Lipinski definition) is 1. The van der Waals surface area contributed by atoms with Crippen LogP contribution in [0.2, 0.25) is 5.02 Å². The van der Waals surface area contributed by atoms with Crippen LogP contribution in [0.5, 0.6) is 0 Å². The van der Waals surface area contributed by atoms with Crippen LogP contribution in [0.4, 0.5) is 4.39 Å². The highest BCUT2D eigenvalue weighted by atomic mass is 35.5. The Morgan fingerprint density at radius 2 is 2.16 bits per heavy atom. The fraction of sp³-hybridized carbons (Fsp3) is 0.571. The third-order valence-electron chi connectivity index (χ3n) is 3.44. The number of nitrogens with zero attached hydrogens (tertiary/aromatic N) is 1. The summed E-state index contributed by atoms with van der Waals surface area (Å²) in [4.78, 5) is 2.25. The quantitative estimate of drug-likeness (QED) is 0.835. The largest absolute Gasteiger partial charge is 0.329 e. The molecule has 0 saturated carbocycles. The van der Waals surface area contributed by atoms with Gasteiger partial charge >= 0.3 is 0 Å². The number of hydrogen-bond acceptors (Lipinski definition) is 3. The smallest absolute Gasteiger partial charge is 0.124 e. The van der Waals surface area contributed by atoms with Crippen LogP contribution in [-0.4, -0.2) is 36.5 Å². The van der Waals surface area contributed by atoms with Gasteiger partial charge in [-0.1, -0.05) is 24.6 Å². The third kappa shape index (κ3) is 4.35. The van der Waals surface area contributed by atoms with Crippen molar-refractivity contribution in [3.63, 3.8) is 0 Å². The van der Waals surface area contributed by atoms with Crippen LogP contribution >= 0.6 is 23.4 Å². The van der Waals surface area contributed by atoms with Crippen molar-refractivity contribution in [3.8, 4) is 0 Å². The molecule has 108 valence electrons. The summed E-state index contributed by atoms with van der Waals surface area (Å²) in [5.41, 5.74) is 6.80. The standard InChI is InChI=1S/C14H22ClFN2S/c1-4-11(9-19-3)18(2)14(8-17)12-6-5-10(16)7-13(12)15/h5-7,11,14H,4,8-9,17H2,1-3H3. The molecule has 0 aliphatic carbocycles. The number of nitrogens with two attached hydrogens (primary N) is 1. The first-order chi connectivity index (χ1) is 9.04. The van der Waals surface area contributed by atoms with Crippen LogP contribution in [0.1, 0.15) is 24.9 Å². The summed E-state index contributed by atoms with van der Waals surface area (Å²) in [6, 6.07) is 4.98. The maximum Gasteiger partial charge on any atom is 0.124 e. The molecular weight excluding hydrogens is 283 g/mol. The van der Waals surface area contributed by atoms with Crippen molar-refractivity contribution < 1.29 is 4.39 Å². The highest BCUT2D eigenvalue weighted by Crippen LogP contribution is 2.29. The predicted octanol–water partition coefficient (Wildman–Crippen LogP) is 3.55. The van der Waals surface area contributed by atoms with Gasteiger partial charge in [0.15, 0.2) is 0 Å². The minimum Gasteiger partial charge on any atom is -0.329 e. The molecule has 0 amide bonds. The Hall–Kier alpha value is -0.290. The lowest BCUT2D eigenvalue weighted by molar-refractivity contribution is 0.188. The molecule has 0 radical (unpaired) electrons. The van der Waals surface area contributed by atoms with E-state index in [2.05, 4.69) is 25.1 Å². The van der Waals surface area contributed by atoms with E-state index < -0.39 is 0 Å². The Morgan fingerprint density at radius 1 is 1.47 bits per heavy atom. The molecule has 2 atom stereocenters. The molecule has 2 unspecified atom stereocenters. The zero-order valence-corrected chi connectivity index (χ0v) is 13.3. The predicted molar refractivity (Wildman–Crippen MR) is 83.4 cm³/mol. The molecule has 1 rings (SSSR count). The van der Waals surface area contributed by atoms with Crippen molar-refractivity contribution in [2.45, 2.75) is 25.4 Å². The first-order valence-electron chi connectivity index (χ1n) is 6.41. The molecule has 19 heavy (non-hydrogen) atoms. The highest BCUT2D eigenvalue weighted by Gasteiger charge is 2.23. The normalized spacial score (nSPS) is 14.7. The van der Waals surface area contributed by atoms with Gasteiger partial charge in [-0.05, 0) is 37.4 Å². The van der Waals surface area contributed by atoms with E-state index in [4.69, 9.17) is 17.3 Å². The second kappa shape index (κ2) is 8.10. The average Bonchev–Trinajstić information content (AvgIpc) is 2.39. The van der Waals surface area contributed by atoms with E-state index in [0.717, 1.165) is 17.7 Å². The fourth-order valence-electron chi connectivity index (χ4n) is 2.25. The number of likely N-dealkylation sites (N-methyl/N-ethyl adjacent to an activating group) is 1. The van der Waals surface area contributed by atoms with Crippen molar-refractivity contribution in [1.29, 1.82) is 0 Å². The monoisotopic (exact) mass is 304 g/mol. The molecule has 2 nitrogen and oxygen atoms in total. The molecule has 0 fully saturated rings. The number of thioether (sulfide) groups is 1. The lowest BCUT2D eigenvalue weighted by Crippen LogP contribution is -2.39. The van der Waals surface area contributed by atoms with E-state index in [-0.39, 0.29) is 11.9 Å². The van der Waals surface area contributed by atoms with Gasteiger partial charge < -0.3 is 5.73 Å². The first kappa shape index (κ1) is 16.8. The molecule has 0 spiro atoms. The van der Waals surface area contributed by atoms with E-state index in [1.54, 1.807) is 6.07 Å². The van der Waals surface area contributed by atoms with Gasteiger partial charge in [-0.25, -0.2) is 4.39 Å². The molecular formula is C14H22ClFN2S. The van der Waals surface area contributed by atoms with Crippen molar-refractivity contribution in [2.75, 3.05) is 25.6 Å². The average molecular weight is 305 g/mol. The summed E-state index contributed by atoms with van der Waals surface area (Å²) < 4.78 is 13.1. The van der Waals surface area contributed by atoms with Gasteiger partial charge in [0.2, 0.25) is 0 Å². The lowest BCUT2D eigenvalue weighted by atomic mass is 10.0. The summed E-state index contributed by atoms with van der Waals surface area (Å²) in [6.45, 7) is 2.63. The number of rotatable bonds is 7. The molecule has 0 aliphatic rings. The second-order valence-electron chi connectivity index (χ2n) is 4.60. The van der Waals surface area contributed by atoms with Gasteiger partial charge in [0.1, 0.15) is 5.82 Å². The van der Waals surface area contributed by atoms with Crippen molar-refractivity contribution in [2.24, 2.45) is 5.73 Å². The maximum atomic E-state index is 13.1. The molecule has 0 aliphatic heterocycles. The second-order valence-corrected chi connectivity index (χ2v) is 5.92. The van der Waals surface area contributed by atoms with Gasteiger partial charge in [0.25, 0.3) is 0 Å². The van der Waals surface area contributed by atoms with Crippen LogP contribution in [0.25, 0.3) is 0 Å². The molecule has 0 aromatic heterocycles. The van der Waals surface area contributed by atoms with Gasteiger partial charge in [0, 0.05) is 29.4 Å². The Kier molecular flexibility index (Phi) is 7.15. The molecule has 0 heterocycles. The van der Waals surface area contributed by atoms with E-state index in [0.29, 0.717) is 17.6 Å². The molecule has 1 aromatic carbocycles. The maximum absolute atomic E-state index is 13.1. The van der Waals surface area contributed by atoms with Crippen LogP contribution in [0.3, 0.4) is 0 Å². The molecule has 0 bridgehead atoms. The summed E-state index contributed by atoms with van der Waals surface area (Å²) in [5, 5.41) is 0.446. The Bertz CT molecular complexity index is 403. The summed E-state index contributed by atoms with van der Waals surface area (Å²) in [5.74, 6) is 0.728. The Labute approximate surface area is 124 Å². The fourth-order valence-corrected chi connectivity index (χ4v) is 3.40. The van der Waals surface area contributed by atoms with Crippen LogP contribution < -0.4 is 5.73 Å². The Morgan fingerprint density at radius 3 is 2.63 bits per heavy atom. The topological polar surface area (TPSA) is 29.3 Å². The van der Waals surface area contributed by atoms with Crippen LogP contribution in [0, 0.1) is 5.82 Å². The van der Waals surface area contributed by atoms with E-state index >= 15 is 0 Å². The third-order valence-corrected chi connectivity index (χ3v) is 4.49. The zero-order valence-electron chi connectivity index (χ0n) is 11.7. The summed E-state index contributed by atoms with van der Waals surface area (Å²) >= 11 is 7.96. The van der Waals surface area contributed by atoms with Gasteiger partial charge in [-0.2, -0.15) is 11.8 Å². The SMILES string of the molecule is CCC(CSC)N(C)C(CN)c1ccc(F)cc1Cl. The van der Waals surface area contributed by atoms with Crippen molar-refractivity contribution >= 4 is 23.4 Å². The lowest BCUT2D eigenvalue weighted by Gasteiger charge is -2.34. The van der Waals surface area contributed by atoms with Crippen molar-refractivity contribution in [3.05, 3.63) is 34.6 Å². The summed E-state index contributed by atoms with van der Waals surface area (Å²) in [6.07, 6.45) is 3.14. The van der Waals surface area contributed by atoms with Gasteiger partial charge in [0.05, 0.1) is 0 Å². The summed E-state index contributed by atoms with van der Waals surface area (Å²) in [7, 11) is 2.06. The van der Waals surface area contributed by atoms with E-state index in [1.807, 2.05) is 11.8 Å². The van der Waals surface area contributed by atoms with Gasteiger partial charge in [-0.3, -0.25) is 4.90 Å². The van der Waals surface area contributed by atoms with Crippen LogP contribution in [-0.2, 0) is 0 Å². The minimum absolute atomic E-state index is 0.0187. The van der Waals surface area contributed by atoms with Crippen molar-refractivity contribution in [1.82, 2.24) is 4.90 Å². The Balaban J connectivity index is 2.98. The minimum atomic E-state index is -0.316. The highest BCUT2D eigenvalue weighted by molar-refractivity contribution is 7.98. The zero-order chi connectivity index (χ0) is 14.4. The van der Waals surface area contributed by atoms with E-state index in [9.17, 15) is 4.39 Å². The van der Waals surface area contributed by atoms with Crippen LogP contribution in [0.15, 0.2) is 18.2 Å². The number of benzene rings is 1. The molecule has 0 saturated heterocycles. The first-order valence-corrected chi connectivity index (χ1v) is 8.18. The number of halogens is 2. The molecule has 2 N–H and O–H groups in total. The van der Waals surface area contributed by atoms with E-state index in [1.165, 1.54) is 12.1 Å². The van der Waals surface area contributed by atoms with Gasteiger partial charge in [-0.15, -0.1) is 0 Å². The molecule has 5 heteroatoms.